The number of carbonyl (C=O) groups is 2. The van der Waals surface area contributed by atoms with Crippen LogP contribution in [-0.4, -0.2) is 23.5 Å². The molecule has 0 saturated heterocycles. The third kappa shape index (κ3) is 4.95. The van der Waals surface area contributed by atoms with Crippen LogP contribution >= 0.6 is 11.3 Å². The highest BCUT2D eigenvalue weighted by molar-refractivity contribution is 7.17. The van der Waals surface area contributed by atoms with E-state index in [1.54, 1.807) is 18.7 Å². The van der Waals surface area contributed by atoms with Crippen LogP contribution < -0.4 is 4.90 Å². The Kier molecular flexibility index (Phi) is 6.61. The van der Waals surface area contributed by atoms with Crippen molar-refractivity contribution >= 4 is 28.3 Å². The van der Waals surface area contributed by atoms with E-state index in [4.69, 9.17) is 4.74 Å². The molecule has 3 rings (SSSR count). The molecule has 1 aliphatic carbocycles. The quantitative estimate of drug-likeness (QED) is 0.645. The molecular weight excluding hydrogens is 360 g/mol. The van der Waals surface area contributed by atoms with Gasteiger partial charge in [0.1, 0.15) is 4.88 Å². The van der Waals surface area contributed by atoms with Crippen LogP contribution in [0.15, 0.2) is 30.3 Å². The second-order valence-corrected chi connectivity index (χ2v) is 7.93. The van der Waals surface area contributed by atoms with Gasteiger partial charge >= 0.3 is 5.97 Å². The molecule has 0 unspecified atom stereocenters. The number of hydrogen-bond donors (Lipinski definition) is 0. The molecule has 27 heavy (non-hydrogen) atoms. The Bertz CT molecular complexity index is 782. The van der Waals surface area contributed by atoms with Crippen LogP contribution in [0, 0.1) is 12.8 Å². The highest BCUT2D eigenvalue weighted by atomic mass is 32.1. The zero-order valence-electron chi connectivity index (χ0n) is 15.9. The molecule has 1 fully saturated rings. The van der Waals surface area contributed by atoms with E-state index in [-0.39, 0.29) is 11.9 Å². The molecule has 0 N–H and O–H groups in total. The molecule has 144 valence electrons. The summed E-state index contributed by atoms with van der Waals surface area (Å²) >= 11 is 1.24. The fourth-order valence-electron chi connectivity index (χ4n) is 3.48. The number of anilines is 1. The predicted octanol–water partition coefficient (Wildman–Crippen LogP) is 4.74. The smallest absolute Gasteiger partial charge is 0.350 e. The van der Waals surface area contributed by atoms with Crippen molar-refractivity contribution < 1.29 is 14.3 Å². The first-order valence-corrected chi connectivity index (χ1v) is 10.4. The van der Waals surface area contributed by atoms with Crippen molar-refractivity contribution in [1.29, 1.82) is 0 Å². The molecule has 0 bridgehead atoms. The lowest BCUT2D eigenvalue weighted by Gasteiger charge is -2.22. The summed E-state index contributed by atoms with van der Waals surface area (Å²) in [5.74, 6) is 0.165. The summed E-state index contributed by atoms with van der Waals surface area (Å²) in [6.07, 6.45) is 5.20. The zero-order chi connectivity index (χ0) is 19.2. The number of amides is 1. The lowest BCUT2D eigenvalue weighted by atomic mass is 10.0. The topological polar surface area (TPSA) is 59.5 Å². The maximum Gasteiger partial charge on any atom is 0.350 e. The Labute approximate surface area is 164 Å². The van der Waals surface area contributed by atoms with E-state index in [0.29, 0.717) is 41.2 Å². The molecule has 1 aliphatic rings. The molecule has 6 heteroatoms. The fraction of sp³-hybridized carbons (Fsp3) is 0.476. The molecule has 0 aliphatic heterocycles. The van der Waals surface area contributed by atoms with Crippen LogP contribution in [-0.2, 0) is 16.1 Å². The molecule has 0 radical (unpaired) electrons. The van der Waals surface area contributed by atoms with Gasteiger partial charge in [-0.3, -0.25) is 9.69 Å². The van der Waals surface area contributed by atoms with Gasteiger partial charge in [0.2, 0.25) is 5.91 Å². The number of hydrogen-bond acceptors (Lipinski definition) is 5. The normalized spacial score (nSPS) is 14.3. The lowest BCUT2D eigenvalue weighted by molar-refractivity contribution is -0.119. The average Bonchev–Trinajstić information content (AvgIpc) is 3.30. The number of benzene rings is 1. The molecule has 1 saturated carbocycles. The van der Waals surface area contributed by atoms with Gasteiger partial charge in [0.25, 0.3) is 0 Å². The zero-order valence-corrected chi connectivity index (χ0v) is 16.8. The van der Waals surface area contributed by atoms with Crippen LogP contribution in [0.5, 0.6) is 0 Å². The van der Waals surface area contributed by atoms with Gasteiger partial charge in [-0.05, 0) is 38.2 Å². The predicted molar refractivity (Wildman–Crippen MR) is 107 cm³/mol. The summed E-state index contributed by atoms with van der Waals surface area (Å²) in [6.45, 7) is 4.35. The molecule has 0 spiro atoms. The van der Waals surface area contributed by atoms with Crippen molar-refractivity contribution in [2.45, 2.75) is 52.5 Å². The molecule has 1 amide bonds. The molecule has 1 aromatic carbocycles. The van der Waals surface area contributed by atoms with E-state index in [0.717, 1.165) is 18.4 Å². The number of esters is 1. The summed E-state index contributed by atoms with van der Waals surface area (Å²) in [4.78, 5) is 32.0. The number of rotatable bonds is 7. The number of nitrogens with zero attached hydrogens (tertiary/aromatic N) is 2. The largest absolute Gasteiger partial charge is 0.462 e. The van der Waals surface area contributed by atoms with Gasteiger partial charge in [-0.2, -0.15) is 0 Å². The Morgan fingerprint density at radius 1 is 1.22 bits per heavy atom. The fourth-order valence-corrected chi connectivity index (χ4v) is 4.46. The van der Waals surface area contributed by atoms with E-state index < -0.39 is 0 Å². The van der Waals surface area contributed by atoms with Gasteiger partial charge in [0.05, 0.1) is 18.8 Å². The minimum atomic E-state index is -0.373. The van der Waals surface area contributed by atoms with Crippen LogP contribution in [0.4, 0.5) is 5.13 Å². The van der Waals surface area contributed by atoms with Crippen molar-refractivity contribution in [1.82, 2.24) is 4.98 Å². The Morgan fingerprint density at radius 2 is 1.93 bits per heavy atom. The standard InChI is InChI=1S/C21H26N2O3S/c1-3-26-20(25)19-15(2)22-21(27-19)23(14-17-11-5-4-6-12-17)18(24)13-16-9-7-8-10-16/h4-6,11-12,16H,3,7-10,13-14H2,1-2H3. The number of ether oxygens (including phenoxy) is 1. The number of aryl methyl sites for hydroxylation is 1. The summed E-state index contributed by atoms with van der Waals surface area (Å²) in [6, 6.07) is 9.89. The van der Waals surface area contributed by atoms with Crippen molar-refractivity contribution in [3.05, 3.63) is 46.5 Å². The molecular formula is C21H26N2O3S. The van der Waals surface area contributed by atoms with Crippen molar-refractivity contribution in [3.8, 4) is 0 Å². The molecule has 1 aromatic heterocycles. The maximum atomic E-state index is 13.1. The van der Waals surface area contributed by atoms with Crippen LogP contribution in [0.3, 0.4) is 0 Å². The maximum absolute atomic E-state index is 13.1. The van der Waals surface area contributed by atoms with Crippen LogP contribution in [0.2, 0.25) is 0 Å². The van der Waals surface area contributed by atoms with Crippen molar-refractivity contribution in [3.63, 3.8) is 0 Å². The van der Waals surface area contributed by atoms with Crippen LogP contribution in [0.25, 0.3) is 0 Å². The van der Waals surface area contributed by atoms with E-state index in [2.05, 4.69) is 4.98 Å². The Hall–Kier alpha value is -2.21. The van der Waals surface area contributed by atoms with Gasteiger partial charge in [-0.25, -0.2) is 9.78 Å². The van der Waals surface area contributed by atoms with Crippen LogP contribution in [0.1, 0.15) is 60.0 Å². The summed E-state index contributed by atoms with van der Waals surface area (Å²) in [5.41, 5.74) is 1.66. The van der Waals surface area contributed by atoms with E-state index in [1.807, 2.05) is 30.3 Å². The third-order valence-corrected chi connectivity index (χ3v) is 6.06. The average molecular weight is 387 g/mol. The third-order valence-electron chi connectivity index (χ3n) is 4.90. The van der Waals surface area contributed by atoms with E-state index in [1.165, 1.54) is 24.2 Å². The first kappa shape index (κ1) is 19.5. The second kappa shape index (κ2) is 9.13. The number of carbonyl (C=O) groups excluding carboxylic acids is 2. The van der Waals surface area contributed by atoms with Crippen molar-refractivity contribution in [2.75, 3.05) is 11.5 Å². The SMILES string of the molecule is CCOC(=O)c1sc(N(Cc2ccccc2)C(=O)CC2CCCC2)nc1C. The highest BCUT2D eigenvalue weighted by Gasteiger charge is 2.27. The Morgan fingerprint density at radius 3 is 2.59 bits per heavy atom. The lowest BCUT2D eigenvalue weighted by Crippen LogP contribution is -2.31. The molecule has 5 nitrogen and oxygen atoms in total. The molecule has 2 aromatic rings. The van der Waals surface area contributed by atoms with Gasteiger partial charge in [0.15, 0.2) is 5.13 Å². The highest BCUT2D eigenvalue weighted by Crippen LogP contribution is 2.32. The number of thiazole rings is 1. The minimum Gasteiger partial charge on any atom is -0.462 e. The van der Waals surface area contributed by atoms with Crippen molar-refractivity contribution in [2.24, 2.45) is 5.92 Å². The first-order chi connectivity index (χ1) is 13.1. The minimum absolute atomic E-state index is 0.0786. The van der Waals surface area contributed by atoms with E-state index in [9.17, 15) is 9.59 Å². The first-order valence-electron chi connectivity index (χ1n) is 9.57. The van der Waals surface area contributed by atoms with Gasteiger partial charge in [0, 0.05) is 6.42 Å². The van der Waals surface area contributed by atoms with Gasteiger partial charge < -0.3 is 4.74 Å². The summed E-state index contributed by atoms with van der Waals surface area (Å²) in [7, 11) is 0. The van der Waals surface area contributed by atoms with Gasteiger partial charge in [-0.1, -0.05) is 54.5 Å². The molecule has 1 heterocycles. The number of aromatic nitrogens is 1. The summed E-state index contributed by atoms with van der Waals surface area (Å²) < 4.78 is 5.12. The second-order valence-electron chi connectivity index (χ2n) is 6.95. The van der Waals surface area contributed by atoms with E-state index >= 15 is 0 Å². The Balaban J connectivity index is 1.85. The monoisotopic (exact) mass is 386 g/mol. The van der Waals surface area contributed by atoms with Gasteiger partial charge in [-0.15, -0.1) is 0 Å². The summed E-state index contributed by atoms with van der Waals surface area (Å²) in [5, 5.41) is 0.572. The molecule has 0 atom stereocenters.